The Kier molecular flexibility index (Phi) is 4.86. The second-order valence-corrected chi connectivity index (χ2v) is 6.29. The fourth-order valence-corrected chi connectivity index (χ4v) is 2.85. The predicted molar refractivity (Wildman–Crippen MR) is 90.7 cm³/mol. The summed E-state index contributed by atoms with van der Waals surface area (Å²) < 4.78 is 41.5. The number of halogens is 3. The summed E-state index contributed by atoms with van der Waals surface area (Å²) in [6.07, 6.45) is 1.70. The van der Waals surface area contributed by atoms with Crippen LogP contribution in [0.25, 0.3) is 5.78 Å². The molecule has 0 aliphatic carbocycles. The number of anilines is 1. The molecule has 26 heavy (non-hydrogen) atoms. The van der Waals surface area contributed by atoms with Crippen LogP contribution >= 0.6 is 11.8 Å². The molecule has 1 N–H and O–H groups in total. The maximum atomic E-state index is 13.7. The van der Waals surface area contributed by atoms with Crippen LogP contribution in [0.5, 0.6) is 0 Å². The van der Waals surface area contributed by atoms with E-state index in [1.54, 1.807) is 13.8 Å². The van der Waals surface area contributed by atoms with E-state index < -0.39 is 29.0 Å². The Hall–Kier alpha value is -2.62. The maximum absolute atomic E-state index is 13.7. The van der Waals surface area contributed by atoms with E-state index in [2.05, 4.69) is 20.4 Å². The maximum Gasteiger partial charge on any atom is 0.253 e. The van der Waals surface area contributed by atoms with E-state index in [-0.39, 0.29) is 6.42 Å². The van der Waals surface area contributed by atoms with Crippen LogP contribution in [-0.2, 0) is 11.2 Å². The van der Waals surface area contributed by atoms with Crippen molar-refractivity contribution in [1.29, 1.82) is 0 Å². The van der Waals surface area contributed by atoms with Gasteiger partial charge in [-0.2, -0.15) is 4.98 Å². The Balaban J connectivity index is 1.89. The fourth-order valence-electron chi connectivity index (χ4n) is 2.51. The van der Waals surface area contributed by atoms with Crippen molar-refractivity contribution < 1.29 is 18.0 Å². The number of rotatable bonds is 4. The van der Waals surface area contributed by atoms with Gasteiger partial charge in [-0.1, -0.05) is 11.8 Å². The Morgan fingerprint density at radius 2 is 1.92 bits per heavy atom. The molecule has 136 valence electrons. The number of fused-ring (bicyclic) bond motifs is 1. The van der Waals surface area contributed by atoms with Crippen molar-refractivity contribution in [1.82, 2.24) is 19.6 Å². The van der Waals surface area contributed by atoms with Gasteiger partial charge >= 0.3 is 0 Å². The Morgan fingerprint density at radius 1 is 1.19 bits per heavy atom. The second-order valence-electron chi connectivity index (χ2n) is 5.52. The fraction of sp³-hybridized carbons (Fsp3) is 0.250. The highest BCUT2D eigenvalue weighted by molar-refractivity contribution is 7.98. The van der Waals surface area contributed by atoms with Crippen molar-refractivity contribution in [2.45, 2.75) is 25.4 Å². The van der Waals surface area contributed by atoms with Crippen molar-refractivity contribution in [3.63, 3.8) is 0 Å². The first-order valence-corrected chi connectivity index (χ1v) is 8.74. The number of aromatic nitrogens is 4. The quantitative estimate of drug-likeness (QED) is 0.556. The van der Waals surface area contributed by atoms with Crippen molar-refractivity contribution in [3.8, 4) is 0 Å². The minimum absolute atomic E-state index is 0.131. The largest absolute Gasteiger partial charge is 0.323 e. The Bertz CT molecular complexity index is 1020. The lowest BCUT2D eigenvalue weighted by atomic mass is 10.1. The predicted octanol–water partition coefficient (Wildman–Crippen LogP) is 3.06. The molecule has 0 atom stereocenters. The average molecular weight is 381 g/mol. The van der Waals surface area contributed by atoms with Gasteiger partial charge in [0.2, 0.25) is 11.1 Å². The third-order valence-corrected chi connectivity index (χ3v) is 4.40. The highest BCUT2D eigenvalue weighted by Gasteiger charge is 2.18. The minimum atomic E-state index is -1.63. The number of nitrogens with zero attached hydrogens (tertiary/aromatic N) is 4. The van der Waals surface area contributed by atoms with Crippen molar-refractivity contribution in [2.75, 3.05) is 11.6 Å². The van der Waals surface area contributed by atoms with Gasteiger partial charge in [0.15, 0.2) is 17.5 Å². The molecule has 0 radical (unpaired) electrons. The molecular formula is C16H14F3N5OS. The van der Waals surface area contributed by atoms with Crippen LogP contribution in [0.4, 0.5) is 18.9 Å². The molecule has 2 aromatic heterocycles. The zero-order valence-electron chi connectivity index (χ0n) is 14.1. The van der Waals surface area contributed by atoms with Gasteiger partial charge in [0.1, 0.15) is 0 Å². The van der Waals surface area contributed by atoms with Gasteiger partial charge in [-0.25, -0.2) is 22.7 Å². The highest BCUT2D eigenvalue weighted by atomic mass is 32.2. The first kappa shape index (κ1) is 18.2. The molecule has 0 unspecified atom stereocenters. The van der Waals surface area contributed by atoms with E-state index in [1.165, 1.54) is 16.3 Å². The van der Waals surface area contributed by atoms with Gasteiger partial charge in [0, 0.05) is 17.0 Å². The van der Waals surface area contributed by atoms with Crippen molar-refractivity contribution in [2.24, 2.45) is 0 Å². The Morgan fingerprint density at radius 3 is 2.62 bits per heavy atom. The topological polar surface area (TPSA) is 72.2 Å². The molecule has 0 aliphatic heterocycles. The molecule has 0 saturated carbocycles. The first-order valence-electron chi connectivity index (χ1n) is 7.52. The van der Waals surface area contributed by atoms with Crippen LogP contribution in [0.1, 0.15) is 17.0 Å². The molecule has 3 rings (SSSR count). The third kappa shape index (κ3) is 3.24. The zero-order valence-corrected chi connectivity index (χ0v) is 14.9. The molecular weight excluding hydrogens is 367 g/mol. The molecule has 0 spiro atoms. The van der Waals surface area contributed by atoms with Crippen LogP contribution in [0.15, 0.2) is 17.3 Å². The summed E-state index contributed by atoms with van der Waals surface area (Å²) in [5, 5.41) is 7.08. The van der Waals surface area contributed by atoms with Crippen LogP contribution in [0.2, 0.25) is 0 Å². The second kappa shape index (κ2) is 6.94. The van der Waals surface area contributed by atoms with Crippen LogP contribution < -0.4 is 5.32 Å². The summed E-state index contributed by atoms with van der Waals surface area (Å²) in [5.74, 6) is -4.57. The van der Waals surface area contributed by atoms with Crippen LogP contribution in [0, 0.1) is 31.3 Å². The van der Waals surface area contributed by atoms with E-state index in [0.717, 1.165) is 12.1 Å². The molecule has 2 heterocycles. The number of amides is 1. The molecule has 3 aromatic rings. The molecule has 0 fully saturated rings. The summed E-state index contributed by atoms with van der Waals surface area (Å²) in [4.78, 5) is 20.8. The number of hydrogen-bond donors (Lipinski definition) is 1. The number of carbonyl (C=O) groups excluding carboxylic acids is 1. The minimum Gasteiger partial charge on any atom is -0.323 e. The average Bonchev–Trinajstić information content (AvgIpc) is 3.02. The summed E-state index contributed by atoms with van der Waals surface area (Å²) in [5.41, 5.74) is 1.41. The van der Waals surface area contributed by atoms with E-state index in [9.17, 15) is 18.0 Å². The van der Waals surface area contributed by atoms with Gasteiger partial charge in [-0.05, 0) is 32.2 Å². The smallest absolute Gasteiger partial charge is 0.253 e. The summed E-state index contributed by atoms with van der Waals surface area (Å²) in [6.45, 7) is 3.49. The zero-order chi connectivity index (χ0) is 19.0. The van der Waals surface area contributed by atoms with E-state index in [1.807, 2.05) is 6.26 Å². The van der Waals surface area contributed by atoms with Crippen molar-refractivity contribution in [3.05, 3.63) is 46.5 Å². The molecule has 1 amide bonds. The van der Waals surface area contributed by atoms with E-state index >= 15 is 0 Å². The number of aryl methyl sites for hydroxylation is 2. The van der Waals surface area contributed by atoms with Gasteiger partial charge in [-0.15, -0.1) is 5.10 Å². The standard InChI is InChI=1S/C16H14F3N5OS/c1-7-9(8(2)24-15(20-7)22-16(23-24)26-3)6-12(25)21-11-5-4-10(17)13(18)14(11)19/h4-5H,6H2,1-3H3,(H,21,25). The normalized spacial score (nSPS) is 11.2. The van der Waals surface area contributed by atoms with Crippen LogP contribution in [-0.4, -0.2) is 31.7 Å². The van der Waals surface area contributed by atoms with Gasteiger partial charge in [0.05, 0.1) is 12.1 Å². The SMILES string of the molecule is CSc1nc2nc(C)c(CC(=O)Nc3ccc(F)c(F)c3F)c(C)n2n1. The molecule has 0 bridgehead atoms. The number of benzene rings is 1. The lowest BCUT2D eigenvalue weighted by molar-refractivity contribution is -0.115. The highest BCUT2D eigenvalue weighted by Crippen LogP contribution is 2.21. The lowest BCUT2D eigenvalue weighted by Crippen LogP contribution is -2.19. The number of hydrogen-bond acceptors (Lipinski definition) is 5. The summed E-state index contributed by atoms with van der Waals surface area (Å²) >= 11 is 1.36. The van der Waals surface area contributed by atoms with E-state index in [0.29, 0.717) is 27.9 Å². The first-order chi connectivity index (χ1) is 12.3. The molecule has 10 heteroatoms. The summed E-state index contributed by atoms with van der Waals surface area (Å²) in [7, 11) is 0. The van der Waals surface area contributed by atoms with Crippen molar-refractivity contribution >= 4 is 29.1 Å². The molecule has 6 nitrogen and oxygen atoms in total. The third-order valence-electron chi connectivity index (χ3n) is 3.86. The van der Waals surface area contributed by atoms with Crippen LogP contribution in [0.3, 0.4) is 0 Å². The molecule has 0 saturated heterocycles. The van der Waals surface area contributed by atoms with Gasteiger partial charge < -0.3 is 5.32 Å². The number of nitrogens with one attached hydrogen (secondary N) is 1. The van der Waals surface area contributed by atoms with Gasteiger partial charge in [-0.3, -0.25) is 4.79 Å². The number of carbonyl (C=O) groups is 1. The monoisotopic (exact) mass is 381 g/mol. The lowest BCUT2D eigenvalue weighted by Gasteiger charge is -2.11. The Labute approximate surface area is 150 Å². The number of thioether (sulfide) groups is 1. The van der Waals surface area contributed by atoms with Gasteiger partial charge in [0.25, 0.3) is 5.78 Å². The van der Waals surface area contributed by atoms with E-state index in [4.69, 9.17) is 0 Å². The molecule has 1 aromatic carbocycles. The molecule has 0 aliphatic rings. The summed E-state index contributed by atoms with van der Waals surface area (Å²) in [6, 6.07) is 1.71.